The van der Waals surface area contributed by atoms with Crippen LogP contribution in [-0.2, 0) is 5.75 Å². The first-order valence-electron chi connectivity index (χ1n) is 5.65. The minimum atomic E-state index is -0.211. The second-order valence-electron chi connectivity index (χ2n) is 3.97. The normalized spacial score (nSPS) is 10.3. The lowest BCUT2D eigenvalue weighted by Crippen LogP contribution is -2.11. The Hall–Kier alpha value is -1.68. The monoisotopic (exact) mass is 261 g/mol. The highest BCUT2D eigenvalue weighted by Crippen LogP contribution is 2.17. The van der Waals surface area contributed by atoms with E-state index in [1.54, 1.807) is 17.8 Å². The summed E-state index contributed by atoms with van der Waals surface area (Å²) in [6.45, 7) is 1.96. The quantitative estimate of drug-likeness (QED) is 0.912. The zero-order valence-electron chi connectivity index (χ0n) is 10.4. The Morgan fingerprint density at radius 2 is 2.06 bits per heavy atom. The highest BCUT2D eigenvalue weighted by atomic mass is 32.2. The Labute approximate surface area is 111 Å². The van der Waals surface area contributed by atoms with E-state index in [0.717, 1.165) is 22.8 Å². The van der Waals surface area contributed by atoms with E-state index >= 15 is 0 Å². The van der Waals surface area contributed by atoms with Gasteiger partial charge in [0.05, 0.1) is 5.75 Å². The smallest absolute Gasteiger partial charge is 0.291 e. The van der Waals surface area contributed by atoms with E-state index in [1.165, 1.54) is 0 Å². The first-order chi connectivity index (χ1) is 8.70. The summed E-state index contributed by atoms with van der Waals surface area (Å²) in [6.07, 6.45) is 2.00. The molecular weight excluding hydrogens is 246 g/mol. The lowest BCUT2D eigenvalue weighted by Gasteiger charge is -2.06. The van der Waals surface area contributed by atoms with E-state index in [2.05, 4.69) is 5.32 Å². The van der Waals surface area contributed by atoms with Crippen LogP contribution in [0.25, 0.3) is 0 Å². The molecule has 2 aromatic rings. The van der Waals surface area contributed by atoms with Crippen molar-refractivity contribution in [3.63, 3.8) is 0 Å². The summed E-state index contributed by atoms with van der Waals surface area (Å²) in [4.78, 5) is 12.0. The van der Waals surface area contributed by atoms with E-state index in [-0.39, 0.29) is 5.91 Å². The molecule has 2 rings (SSSR count). The molecule has 1 N–H and O–H groups in total. The summed E-state index contributed by atoms with van der Waals surface area (Å²) in [5.41, 5.74) is 1.84. The molecule has 0 aliphatic heterocycles. The van der Waals surface area contributed by atoms with E-state index in [4.69, 9.17) is 4.42 Å². The minimum absolute atomic E-state index is 0.211. The van der Waals surface area contributed by atoms with Gasteiger partial charge in [-0.15, -0.1) is 0 Å². The van der Waals surface area contributed by atoms with Gasteiger partial charge in [0.25, 0.3) is 5.91 Å². The average Bonchev–Trinajstić information content (AvgIpc) is 2.81. The molecule has 0 aliphatic carbocycles. The van der Waals surface area contributed by atoms with Crippen molar-refractivity contribution in [2.45, 2.75) is 12.7 Å². The van der Waals surface area contributed by atoms with Crippen molar-refractivity contribution in [1.29, 1.82) is 0 Å². The van der Waals surface area contributed by atoms with Crippen molar-refractivity contribution >= 4 is 23.4 Å². The Morgan fingerprint density at radius 1 is 1.28 bits per heavy atom. The third kappa shape index (κ3) is 2.96. The van der Waals surface area contributed by atoms with Gasteiger partial charge in [-0.05, 0) is 36.9 Å². The summed E-state index contributed by atoms with van der Waals surface area (Å²) in [5, 5.41) is 2.84. The fourth-order valence-corrected chi connectivity index (χ4v) is 2.06. The number of carbonyl (C=O) groups excluding carboxylic acids is 1. The van der Waals surface area contributed by atoms with Gasteiger partial charge >= 0.3 is 0 Å². The maximum absolute atomic E-state index is 12.0. The van der Waals surface area contributed by atoms with Crippen LogP contribution in [0.1, 0.15) is 21.9 Å². The number of anilines is 1. The minimum Gasteiger partial charge on any atom is -0.455 e. The summed E-state index contributed by atoms with van der Waals surface area (Å²) in [7, 11) is 0. The SMILES string of the molecule is CSCc1ccc(C(=O)Nc2ccccc2C)o1. The number of amides is 1. The molecule has 0 fully saturated rings. The number of aryl methyl sites for hydroxylation is 1. The number of hydrogen-bond acceptors (Lipinski definition) is 3. The van der Waals surface area contributed by atoms with E-state index < -0.39 is 0 Å². The van der Waals surface area contributed by atoms with Crippen molar-refractivity contribution in [3.05, 3.63) is 53.5 Å². The molecule has 0 atom stereocenters. The van der Waals surface area contributed by atoms with Gasteiger partial charge < -0.3 is 9.73 Å². The molecule has 0 bridgehead atoms. The van der Waals surface area contributed by atoms with Crippen LogP contribution in [0.5, 0.6) is 0 Å². The topological polar surface area (TPSA) is 42.2 Å². The van der Waals surface area contributed by atoms with Crippen molar-refractivity contribution in [2.75, 3.05) is 11.6 Å². The third-order valence-corrected chi connectivity index (χ3v) is 3.14. The molecule has 0 aliphatic rings. The van der Waals surface area contributed by atoms with Crippen LogP contribution < -0.4 is 5.32 Å². The Kier molecular flexibility index (Phi) is 4.10. The van der Waals surface area contributed by atoms with Crippen LogP contribution in [0.2, 0.25) is 0 Å². The molecule has 1 aromatic heterocycles. The van der Waals surface area contributed by atoms with Crippen LogP contribution in [0.15, 0.2) is 40.8 Å². The van der Waals surface area contributed by atoms with Crippen molar-refractivity contribution in [2.24, 2.45) is 0 Å². The van der Waals surface area contributed by atoms with Crippen LogP contribution in [0, 0.1) is 6.92 Å². The molecule has 0 radical (unpaired) electrons. The summed E-state index contributed by atoms with van der Waals surface area (Å²) < 4.78 is 5.47. The molecule has 1 aromatic carbocycles. The van der Waals surface area contributed by atoms with Crippen molar-refractivity contribution in [3.8, 4) is 0 Å². The zero-order valence-corrected chi connectivity index (χ0v) is 11.2. The molecule has 0 spiro atoms. The summed E-state index contributed by atoms with van der Waals surface area (Å²) in [5.74, 6) is 1.73. The first-order valence-corrected chi connectivity index (χ1v) is 7.04. The number of benzene rings is 1. The van der Waals surface area contributed by atoms with Crippen LogP contribution in [-0.4, -0.2) is 12.2 Å². The van der Waals surface area contributed by atoms with Gasteiger partial charge in [-0.3, -0.25) is 4.79 Å². The largest absolute Gasteiger partial charge is 0.455 e. The summed E-state index contributed by atoms with van der Waals surface area (Å²) >= 11 is 1.66. The molecule has 3 nitrogen and oxygen atoms in total. The molecule has 1 amide bonds. The standard InChI is InChI=1S/C14H15NO2S/c1-10-5-3-4-6-12(10)15-14(16)13-8-7-11(17-13)9-18-2/h3-8H,9H2,1-2H3,(H,15,16). The van der Waals surface area contributed by atoms with Gasteiger partial charge in [-0.2, -0.15) is 11.8 Å². The van der Waals surface area contributed by atoms with Crippen LogP contribution in [0.4, 0.5) is 5.69 Å². The van der Waals surface area contributed by atoms with Crippen molar-refractivity contribution in [1.82, 2.24) is 0 Å². The van der Waals surface area contributed by atoms with Crippen molar-refractivity contribution < 1.29 is 9.21 Å². The van der Waals surface area contributed by atoms with Gasteiger partial charge in [-0.25, -0.2) is 0 Å². The highest BCUT2D eigenvalue weighted by Gasteiger charge is 2.11. The highest BCUT2D eigenvalue weighted by molar-refractivity contribution is 7.97. The van der Waals surface area contributed by atoms with E-state index in [1.807, 2.05) is 43.5 Å². The van der Waals surface area contributed by atoms with Crippen LogP contribution in [0.3, 0.4) is 0 Å². The molecule has 94 valence electrons. The predicted octanol–water partition coefficient (Wildman–Crippen LogP) is 3.70. The molecule has 18 heavy (non-hydrogen) atoms. The Bertz CT molecular complexity index is 548. The molecule has 0 saturated heterocycles. The Balaban J connectivity index is 2.10. The number of carbonyl (C=O) groups is 1. The van der Waals surface area contributed by atoms with Gasteiger partial charge in [0.1, 0.15) is 5.76 Å². The van der Waals surface area contributed by atoms with Gasteiger partial charge in [0.2, 0.25) is 0 Å². The lowest BCUT2D eigenvalue weighted by atomic mass is 10.2. The third-order valence-electron chi connectivity index (χ3n) is 2.57. The number of furan rings is 1. The molecule has 0 unspecified atom stereocenters. The number of nitrogens with one attached hydrogen (secondary N) is 1. The molecule has 1 heterocycles. The second-order valence-corrected chi connectivity index (χ2v) is 4.83. The maximum Gasteiger partial charge on any atom is 0.291 e. The average molecular weight is 261 g/mol. The summed E-state index contributed by atoms with van der Waals surface area (Å²) in [6, 6.07) is 11.2. The maximum atomic E-state index is 12.0. The lowest BCUT2D eigenvalue weighted by molar-refractivity contribution is 0.0995. The fraction of sp³-hybridized carbons (Fsp3) is 0.214. The fourth-order valence-electron chi connectivity index (χ4n) is 1.62. The van der Waals surface area contributed by atoms with Gasteiger partial charge in [0.15, 0.2) is 5.76 Å². The zero-order chi connectivity index (χ0) is 13.0. The number of rotatable bonds is 4. The first kappa shape index (κ1) is 12.8. The Morgan fingerprint density at radius 3 is 2.78 bits per heavy atom. The molecule has 4 heteroatoms. The van der Waals surface area contributed by atoms with Crippen LogP contribution >= 0.6 is 11.8 Å². The van der Waals surface area contributed by atoms with Gasteiger partial charge in [0, 0.05) is 5.69 Å². The predicted molar refractivity (Wildman–Crippen MR) is 75.1 cm³/mol. The number of thioether (sulfide) groups is 1. The second kappa shape index (κ2) is 5.78. The van der Waals surface area contributed by atoms with E-state index in [9.17, 15) is 4.79 Å². The van der Waals surface area contributed by atoms with Gasteiger partial charge in [-0.1, -0.05) is 18.2 Å². The number of hydrogen-bond donors (Lipinski definition) is 1. The molecular formula is C14H15NO2S. The number of para-hydroxylation sites is 1. The van der Waals surface area contributed by atoms with E-state index in [0.29, 0.717) is 5.76 Å². The molecule has 0 saturated carbocycles.